The van der Waals surface area contributed by atoms with E-state index in [9.17, 15) is 19.2 Å². The summed E-state index contributed by atoms with van der Waals surface area (Å²) < 4.78 is 0. The number of amides is 6. The Hall–Kier alpha value is -2.12. The van der Waals surface area contributed by atoms with Crippen LogP contribution in [0.4, 0.5) is 9.59 Å². The first-order valence-corrected chi connectivity index (χ1v) is 10.3. The van der Waals surface area contributed by atoms with Crippen molar-refractivity contribution in [1.82, 2.24) is 20.4 Å². The molecule has 0 aromatic rings. The van der Waals surface area contributed by atoms with Crippen LogP contribution in [0.2, 0.25) is 0 Å². The van der Waals surface area contributed by atoms with Gasteiger partial charge in [-0.15, -0.1) is 0 Å². The van der Waals surface area contributed by atoms with Gasteiger partial charge >= 0.3 is 12.1 Å². The lowest BCUT2D eigenvalue weighted by Crippen LogP contribution is -2.48. The van der Waals surface area contributed by atoms with Crippen molar-refractivity contribution >= 4 is 23.9 Å². The highest BCUT2D eigenvalue weighted by Crippen LogP contribution is 2.35. The van der Waals surface area contributed by atoms with Crippen LogP contribution in [0.5, 0.6) is 0 Å². The number of hydrogen-bond acceptors (Lipinski definition) is 4. The van der Waals surface area contributed by atoms with Gasteiger partial charge in [0.1, 0.15) is 11.1 Å². The Kier molecular flexibility index (Phi) is 4.60. The van der Waals surface area contributed by atoms with Gasteiger partial charge in [-0.3, -0.25) is 19.4 Å². The molecule has 2 N–H and O–H groups in total. The molecule has 27 heavy (non-hydrogen) atoms. The summed E-state index contributed by atoms with van der Waals surface area (Å²) in [7, 11) is 0. The summed E-state index contributed by atoms with van der Waals surface area (Å²) >= 11 is 0. The van der Waals surface area contributed by atoms with Crippen LogP contribution in [0, 0.1) is 0 Å². The minimum Gasteiger partial charge on any atom is -0.323 e. The van der Waals surface area contributed by atoms with Crippen molar-refractivity contribution in [2.45, 2.75) is 81.7 Å². The Morgan fingerprint density at radius 2 is 1.00 bits per heavy atom. The molecule has 2 aliphatic carbocycles. The molecule has 2 aliphatic heterocycles. The number of rotatable bonds is 4. The molecule has 0 aromatic heterocycles. The molecule has 4 rings (SSSR count). The SMILES string of the molecule is O=C1NC2(CCCCC2)C(=O)N1CCCN1C(=O)NC2(CCCCC2)C1=O. The highest BCUT2D eigenvalue weighted by molar-refractivity contribution is 6.08. The summed E-state index contributed by atoms with van der Waals surface area (Å²) in [5, 5.41) is 5.78. The zero-order chi connectivity index (χ0) is 19.1. The Bertz CT molecular complexity index is 609. The first-order chi connectivity index (χ1) is 13.0. The summed E-state index contributed by atoms with van der Waals surface area (Å²) in [6, 6.07) is -0.689. The predicted octanol–water partition coefficient (Wildman–Crippen LogP) is 1.89. The maximum atomic E-state index is 12.8. The predicted molar refractivity (Wildman–Crippen MR) is 96.7 cm³/mol. The van der Waals surface area contributed by atoms with Crippen molar-refractivity contribution in [1.29, 1.82) is 0 Å². The summed E-state index contributed by atoms with van der Waals surface area (Å²) in [6.07, 6.45) is 9.19. The van der Waals surface area contributed by atoms with Gasteiger partial charge in [0.2, 0.25) is 0 Å². The van der Waals surface area contributed by atoms with Crippen LogP contribution >= 0.6 is 0 Å². The zero-order valence-electron chi connectivity index (χ0n) is 15.7. The van der Waals surface area contributed by atoms with Gasteiger partial charge in [-0.05, 0) is 32.1 Å². The van der Waals surface area contributed by atoms with E-state index in [2.05, 4.69) is 10.6 Å². The highest BCUT2D eigenvalue weighted by atomic mass is 16.2. The molecule has 2 saturated carbocycles. The summed E-state index contributed by atoms with van der Waals surface area (Å²) in [5.41, 5.74) is -1.44. The molecule has 0 aromatic carbocycles. The number of carbonyl (C=O) groups excluding carboxylic acids is 4. The van der Waals surface area contributed by atoms with Crippen LogP contribution in [-0.4, -0.2) is 57.8 Å². The normalized spacial score (nSPS) is 26.8. The fourth-order valence-electron chi connectivity index (χ4n) is 5.13. The maximum Gasteiger partial charge on any atom is 0.325 e. The van der Waals surface area contributed by atoms with E-state index in [0.29, 0.717) is 32.1 Å². The van der Waals surface area contributed by atoms with E-state index in [0.717, 1.165) is 38.5 Å². The molecule has 2 saturated heterocycles. The molecule has 148 valence electrons. The van der Waals surface area contributed by atoms with Gasteiger partial charge in [0, 0.05) is 13.1 Å². The Morgan fingerprint density at radius 1 is 0.630 bits per heavy atom. The second-order valence-corrected chi connectivity index (χ2v) is 8.41. The van der Waals surface area contributed by atoms with E-state index in [1.807, 2.05) is 0 Å². The van der Waals surface area contributed by atoms with Crippen LogP contribution in [0.25, 0.3) is 0 Å². The van der Waals surface area contributed by atoms with E-state index in [4.69, 9.17) is 0 Å². The van der Waals surface area contributed by atoms with Crippen molar-refractivity contribution < 1.29 is 19.2 Å². The van der Waals surface area contributed by atoms with Gasteiger partial charge in [0.05, 0.1) is 0 Å². The molecule has 8 heteroatoms. The maximum absolute atomic E-state index is 12.8. The first kappa shape index (κ1) is 18.3. The van der Waals surface area contributed by atoms with Gasteiger partial charge in [-0.25, -0.2) is 9.59 Å². The number of carbonyl (C=O) groups is 4. The molecule has 8 nitrogen and oxygen atoms in total. The van der Waals surface area contributed by atoms with Crippen LogP contribution in [0.1, 0.15) is 70.6 Å². The average molecular weight is 376 g/mol. The third kappa shape index (κ3) is 2.99. The van der Waals surface area contributed by atoms with E-state index in [1.54, 1.807) is 0 Å². The lowest BCUT2D eigenvalue weighted by molar-refractivity contribution is -0.132. The molecule has 0 bridgehead atoms. The van der Waals surface area contributed by atoms with Crippen molar-refractivity contribution in [2.75, 3.05) is 13.1 Å². The molecular weight excluding hydrogens is 348 g/mol. The standard InChI is InChI=1S/C19H28N4O4/c24-14-18(8-3-1-4-9-18)20-16(26)22(14)12-7-13-23-15(25)19(21-17(23)27)10-5-2-6-11-19/h1-13H2,(H,20,26)(H,21,27). The third-order valence-corrected chi connectivity index (χ3v) is 6.67. The van der Waals surface area contributed by atoms with Gasteiger partial charge in [-0.2, -0.15) is 0 Å². The number of nitrogens with one attached hydrogen (secondary N) is 2. The second kappa shape index (κ2) is 6.80. The largest absolute Gasteiger partial charge is 0.325 e. The molecule has 2 spiro atoms. The molecule has 4 aliphatic rings. The fourth-order valence-corrected chi connectivity index (χ4v) is 5.13. The lowest BCUT2D eigenvalue weighted by Gasteiger charge is -2.30. The zero-order valence-corrected chi connectivity index (χ0v) is 15.7. The summed E-state index contributed by atoms with van der Waals surface area (Å²) in [4.78, 5) is 52.7. The molecule has 6 amide bonds. The smallest absolute Gasteiger partial charge is 0.323 e. The lowest BCUT2D eigenvalue weighted by atomic mass is 9.81. The highest BCUT2D eigenvalue weighted by Gasteiger charge is 2.52. The molecule has 0 radical (unpaired) electrons. The summed E-state index contributed by atoms with van der Waals surface area (Å²) in [5.74, 6) is -0.290. The molecular formula is C19H28N4O4. The van der Waals surface area contributed by atoms with Crippen LogP contribution in [0.3, 0.4) is 0 Å². The topological polar surface area (TPSA) is 98.8 Å². The number of hydrogen-bond donors (Lipinski definition) is 2. The molecule has 0 unspecified atom stereocenters. The molecule has 2 heterocycles. The minimum atomic E-state index is -0.720. The van der Waals surface area contributed by atoms with Crippen molar-refractivity contribution in [2.24, 2.45) is 0 Å². The third-order valence-electron chi connectivity index (χ3n) is 6.67. The fraction of sp³-hybridized carbons (Fsp3) is 0.789. The number of nitrogens with zero attached hydrogens (tertiary/aromatic N) is 2. The minimum absolute atomic E-state index is 0.145. The van der Waals surface area contributed by atoms with Crippen LogP contribution in [0.15, 0.2) is 0 Å². The van der Waals surface area contributed by atoms with Crippen molar-refractivity contribution in [3.05, 3.63) is 0 Å². The average Bonchev–Trinajstić information content (AvgIpc) is 3.02. The molecule has 4 fully saturated rings. The monoisotopic (exact) mass is 376 g/mol. The molecule has 0 atom stereocenters. The van der Waals surface area contributed by atoms with E-state index in [-0.39, 0.29) is 37.0 Å². The Labute approximate surface area is 159 Å². The Morgan fingerprint density at radius 3 is 1.37 bits per heavy atom. The van der Waals surface area contributed by atoms with Crippen LogP contribution in [-0.2, 0) is 9.59 Å². The van der Waals surface area contributed by atoms with Gasteiger partial charge in [0.15, 0.2) is 0 Å². The van der Waals surface area contributed by atoms with Gasteiger partial charge in [-0.1, -0.05) is 38.5 Å². The first-order valence-electron chi connectivity index (χ1n) is 10.3. The second-order valence-electron chi connectivity index (χ2n) is 8.41. The van der Waals surface area contributed by atoms with E-state index < -0.39 is 11.1 Å². The number of imide groups is 2. The quantitative estimate of drug-likeness (QED) is 0.732. The van der Waals surface area contributed by atoms with Crippen LogP contribution < -0.4 is 10.6 Å². The van der Waals surface area contributed by atoms with Gasteiger partial charge in [0.25, 0.3) is 11.8 Å². The van der Waals surface area contributed by atoms with Crippen molar-refractivity contribution in [3.63, 3.8) is 0 Å². The number of urea groups is 2. The van der Waals surface area contributed by atoms with E-state index >= 15 is 0 Å². The van der Waals surface area contributed by atoms with Gasteiger partial charge < -0.3 is 10.6 Å². The van der Waals surface area contributed by atoms with Crippen molar-refractivity contribution in [3.8, 4) is 0 Å². The Balaban J connectivity index is 1.34. The van der Waals surface area contributed by atoms with E-state index in [1.165, 1.54) is 9.80 Å². The summed E-state index contributed by atoms with van der Waals surface area (Å²) in [6.45, 7) is 0.465.